The number of carbonyl (C=O) groups excluding carboxylic acids is 3. The van der Waals surface area contributed by atoms with Crippen molar-refractivity contribution in [3.05, 3.63) is 53.9 Å². The summed E-state index contributed by atoms with van der Waals surface area (Å²) in [7, 11) is 1.41. The van der Waals surface area contributed by atoms with Gasteiger partial charge in [0.05, 0.1) is 19.3 Å². The van der Waals surface area contributed by atoms with Crippen LogP contribution in [-0.2, 0) is 35.0 Å². The van der Waals surface area contributed by atoms with Crippen molar-refractivity contribution in [2.45, 2.75) is 102 Å². The lowest BCUT2D eigenvalue weighted by atomic mass is 10.0. The first-order chi connectivity index (χ1) is 21.4. The second-order valence-corrected chi connectivity index (χ2v) is 11.2. The minimum Gasteiger partial charge on any atom is -0.493 e. The van der Waals surface area contributed by atoms with Crippen molar-refractivity contribution in [2.24, 2.45) is 0 Å². The molecule has 4 atom stereocenters. The van der Waals surface area contributed by atoms with Gasteiger partial charge in [0.25, 0.3) is 5.91 Å². The summed E-state index contributed by atoms with van der Waals surface area (Å²) in [6, 6.07) is 10.9. The average molecular weight is 613 g/mol. The molecule has 0 bridgehead atoms. The van der Waals surface area contributed by atoms with Crippen molar-refractivity contribution in [1.29, 1.82) is 0 Å². The fourth-order valence-electron chi connectivity index (χ4n) is 5.64. The summed E-state index contributed by atoms with van der Waals surface area (Å²) in [6.07, 6.45) is 7.77. The molecular weight excluding hydrogens is 568 g/mol. The van der Waals surface area contributed by atoms with E-state index in [0.717, 1.165) is 38.5 Å². The molecule has 0 unspecified atom stereocenters. The zero-order valence-electron chi connectivity index (χ0n) is 25.8. The molecular formula is C33H44N2O9. The molecule has 2 aliphatic rings. The first kappa shape index (κ1) is 33.2. The number of methoxy groups -OCH3 is 1. The molecule has 1 aliphatic heterocycles. The third-order valence-electron chi connectivity index (χ3n) is 7.91. The normalized spacial score (nSPS) is 22.7. The third kappa shape index (κ3) is 9.65. The number of amides is 1. The number of hydrogen-bond acceptors (Lipinski definition) is 10. The Hall–Kier alpha value is -3.70. The molecule has 2 heterocycles. The number of carbonyl (C=O) groups is 3. The fourth-order valence-corrected chi connectivity index (χ4v) is 5.64. The highest BCUT2D eigenvalue weighted by atomic mass is 16.7. The van der Waals surface area contributed by atoms with Gasteiger partial charge in [0.1, 0.15) is 18.2 Å². The van der Waals surface area contributed by atoms with Gasteiger partial charge in [-0.1, -0.05) is 43.2 Å². The van der Waals surface area contributed by atoms with E-state index in [9.17, 15) is 14.4 Å². The highest BCUT2D eigenvalue weighted by Crippen LogP contribution is 2.31. The maximum atomic E-state index is 13.4. The number of pyridine rings is 1. The van der Waals surface area contributed by atoms with Crippen molar-refractivity contribution < 1.29 is 42.8 Å². The van der Waals surface area contributed by atoms with Gasteiger partial charge in [0, 0.05) is 25.8 Å². The lowest BCUT2D eigenvalue weighted by Gasteiger charge is -2.33. The Morgan fingerprint density at radius 2 is 1.82 bits per heavy atom. The van der Waals surface area contributed by atoms with E-state index in [0.29, 0.717) is 25.9 Å². The van der Waals surface area contributed by atoms with Crippen LogP contribution in [0.1, 0.15) is 81.3 Å². The van der Waals surface area contributed by atoms with Gasteiger partial charge in [-0.2, -0.15) is 0 Å². The summed E-state index contributed by atoms with van der Waals surface area (Å²) in [5.74, 6) is -1.53. The topological polar surface area (TPSA) is 132 Å². The van der Waals surface area contributed by atoms with E-state index in [-0.39, 0.29) is 29.4 Å². The average Bonchev–Trinajstić information content (AvgIpc) is 3.55. The number of rotatable bonds is 13. The van der Waals surface area contributed by atoms with E-state index < -0.39 is 42.9 Å². The number of benzene rings is 1. The van der Waals surface area contributed by atoms with Gasteiger partial charge in [-0.05, 0) is 57.4 Å². The van der Waals surface area contributed by atoms with Crippen molar-refractivity contribution in [3.63, 3.8) is 0 Å². The number of ether oxygens (including phenoxy) is 6. The Bertz CT molecular complexity index is 1220. The zero-order chi connectivity index (χ0) is 31.3. The van der Waals surface area contributed by atoms with Crippen molar-refractivity contribution >= 4 is 17.8 Å². The Morgan fingerprint density at radius 3 is 2.55 bits per heavy atom. The van der Waals surface area contributed by atoms with Gasteiger partial charge in [-0.3, -0.25) is 9.59 Å². The standard InChI is InChI=1S/C33H44N2O9/c1-22-30(44-25-14-7-8-15-25)28(40-20-10-13-24-11-5-4-6-12-24)17-9-16-26(33(38)43-22)35-32(37)29-31(42-21-41-23(2)36)27(39-3)18-19-34-29/h4-6,11-12,18-19,22,25-26,28,30H,7-10,13-17,20-21H2,1-3H3,(H,35,37)/t22-,26-,28-,30-/m0/s1. The molecule has 4 rings (SSSR count). The van der Waals surface area contributed by atoms with Crippen LogP contribution in [0.4, 0.5) is 0 Å². The number of aryl methyl sites for hydroxylation is 1. The predicted octanol–water partition coefficient (Wildman–Crippen LogP) is 4.55. The van der Waals surface area contributed by atoms with Crippen LogP contribution in [0.5, 0.6) is 11.5 Å². The molecule has 0 spiro atoms. The quantitative estimate of drug-likeness (QED) is 0.195. The molecule has 11 nitrogen and oxygen atoms in total. The van der Waals surface area contributed by atoms with E-state index in [1.54, 1.807) is 0 Å². The fraction of sp³-hybridized carbons (Fsp3) is 0.576. The number of nitrogens with zero attached hydrogens (tertiary/aromatic N) is 1. The summed E-state index contributed by atoms with van der Waals surface area (Å²) >= 11 is 0. The first-order valence-electron chi connectivity index (χ1n) is 15.5. The van der Waals surface area contributed by atoms with Gasteiger partial charge in [-0.15, -0.1) is 0 Å². The second-order valence-electron chi connectivity index (χ2n) is 11.2. The molecule has 44 heavy (non-hydrogen) atoms. The summed E-state index contributed by atoms with van der Waals surface area (Å²) in [4.78, 5) is 42.1. The summed E-state index contributed by atoms with van der Waals surface area (Å²) in [6.45, 7) is 3.19. The Labute approximate surface area is 258 Å². The lowest BCUT2D eigenvalue weighted by Crippen LogP contribution is -2.46. The summed E-state index contributed by atoms with van der Waals surface area (Å²) in [5.41, 5.74) is 1.15. The minimum absolute atomic E-state index is 0.00690. The maximum absolute atomic E-state index is 13.4. The molecule has 240 valence electrons. The highest BCUT2D eigenvalue weighted by molar-refractivity contribution is 5.98. The van der Waals surface area contributed by atoms with Gasteiger partial charge >= 0.3 is 11.9 Å². The van der Waals surface area contributed by atoms with Crippen LogP contribution in [-0.4, -0.2) is 73.8 Å². The molecule has 1 amide bonds. The van der Waals surface area contributed by atoms with Crippen LogP contribution in [0.15, 0.2) is 42.6 Å². The number of cyclic esters (lactones) is 1. The van der Waals surface area contributed by atoms with E-state index in [1.165, 1.54) is 31.9 Å². The van der Waals surface area contributed by atoms with Crippen LogP contribution in [0.25, 0.3) is 0 Å². The molecule has 1 aliphatic carbocycles. The van der Waals surface area contributed by atoms with Crippen LogP contribution >= 0.6 is 0 Å². The number of hydrogen-bond donors (Lipinski definition) is 1. The van der Waals surface area contributed by atoms with E-state index in [1.807, 2.05) is 25.1 Å². The molecule has 1 saturated carbocycles. The van der Waals surface area contributed by atoms with Gasteiger partial charge in [0.15, 0.2) is 17.2 Å². The molecule has 2 aromatic rings. The van der Waals surface area contributed by atoms with Crippen molar-refractivity contribution in [3.8, 4) is 11.5 Å². The smallest absolute Gasteiger partial charge is 0.329 e. The second kappa shape index (κ2) is 17.0. The van der Waals surface area contributed by atoms with Crippen molar-refractivity contribution in [1.82, 2.24) is 10.3 Å². The minimum atomic E-state index is -0.928. The Kier molecular flexibility index (Phi) is 12.8. The molecule has 11 heteroatoms. The van der Waals surface area contributed by atoms with Gasteiger partial charge in [0.2, 0.25) is 6.79 Å². The lowest BCUT2D eigenvalue weighted by molar-refractivity contribution is -0.175. The monoisotopic (exact) mass is 612 g/mol. The third-order valence-corrected chi connectivity index (χ3v) is 7.91. The molecule has 0 radical (unpaired) electrons. The van der Waals surface area contributed by atoms with E-state index in [4.69, 9.17) is 28.4 Å². The van der Waals surface area contributed by atoms with E-state index in [2.05, 4.69) is 22.4 Å². The van der Waals surface area contributed by atoms with Crippen molar-refractivity contribution in [2.75, 3.05) is 20.5 Å². The van der Waals surface area contributed by atoms with Crippen LogP contribution in [0, 0.1) is 0 Å². The summed E-state index contributed by atoms with van der Waals surface area (Å²) < 4.78 is 34.6. The molecule has 1 saturated heterocycles. The maximum Gasteiger partial charge on any atom is 0.329 e. The van der Waals surface area contributed by atoms with Crippen LogP contribution in [0.3, 0.4) is 0 Å². The predicted molar refractivity (Wildman–Crippen MR) is 160 cm³/mol. The number of aromatic nitrogens is 1. The molecule has 1 aromatic carbocycles. The molecule has 2 fully saturated rings. The Morgan fingerprint density at radius 1 is 1.05 bits per heavy atom. The summed E-state index contributed by atoms with van der Waals surface area (Å²) in [5, 5.41) is 2.76. The highest BCUT2D eigenvalue weighted by Gasteiger charge is 2.37. The number of nitrogens with one attached hydrogen (secondary N) is 1. The van der Waals surface area contributed by atoms with Gasteiger partial charge < -0.3 is 33.7 Å². The zero-order valence-corrected chi connectivity index (χ0v) is 25.8. The van der Waals surface area contributed by atoms with Crippen LogP contribution < -0.4 is 14.8 Å². The Balaban J connectivity index is 1.44. The molecule has 1 aromatic heterocycles. The first-order valence-corrected chi connectivity index (χ1v) is 15.5. The molecule has 1 N–H and O–H groups in total. The SMILES string of the molecule is COc1ccnc(C(=O)N[C@H]2CCC[C@H](OCCCc3ccccc3)[C@@H](OC3CCCC3)[C@H](C)OC2=O)c1OCOC(C)=O. The number of esters is 2. The largest absolute Gasteiger partial charge is 0.493 e. The van der Waals surface area contributed by atoms with Crippen LogP contribution in [0.2, 0.25) is 0 Å². The van der Waals surface area contributed by atoms with E-state index >= 15 is 0 Å². The van der Waals surface area contributed by atoms with Gasteiger partial charge in [-0.25, -0.2) is 9.78 Å².